The number of hydrogen-bond donors (Lipinski definition) is 3. The number of nitrogens with one attached hydrogen (secondary N) is 1. The summed E-state index contributed by atoms with van der Waals surface area (Å²) in [7, 11) is -4.11. The van der Waals surface area contributed by atoms with E-state index < -0.39 is 33.4 Å². The van der Waals surface area contributed by atoms with Gasteiger partial charge in [0.05, 0.1) is 10.6 Å². The number of carboxylic acid groups (broad SMARTS) is 1. The Balaban J connectivity index is 1.94. The molecule has 3 rings (SSSR count). The Bertz CT molecular complexity index is 1160. The standard InChI is InChI=1S/C19H13F2NO5S/c20-13-6-12(7-14(21)9-13)11-2-1-3-16(8-11)28(26,27)22-15-4-5-17(19(24)25)18(23)10-15/h1-10,22-23H,(H,24,25). The van der Waals surface area contributed by atoms with Crippen molar-refractivity contribution in [1.82, 2.24) is 0 Å². The summed E-state index contributed by atoms with van der Waals surface area (Å²) in [6.07, 6.45) is 0. The summed E-state index contributed by atoms with van der Waals surface area (Å²) in [5.74, 6) is -3.55. The predicted octanol–water partition coefficient (Wildman–Crippen LogP) is 3.84. The van der Waals surface area contributed by atoms with Crippen LogP contribution in [0.4, 0.5) is 14.5 Å². The molecule has 0 fully saturated rings. The zero-order chi connectivity index (χ0) is 20.5. The normalized spacial score (nSPS) is 11.2. The zero-order valence-corrected chi connectivity index (χ0v) is 14.9. The highest BCUT2D eigenvalue weighted by Gasteiger charge is 2.17. The molecule has 0 atom stereocenters. The lowest BCUT2D eigenvalue weighted by Crippen LogP contribution is -2.13. The van der Waals surface area contributed by atoms with Gasteiger partial charge in [0.1, 0.15) is 22.9 Å². The first kappa shape index (κ1) is 19.3. The van der Waals surface area contributed by atoms with Crippen LogP contribution in [0.5, 0.6) is 5.75 Å². The van der Waals surface area contributed by atoms with Gasteiger partial charge in [0.15, 0.2) is 0 Å². The number of rotatable bonds is 5. The number of aromatic carboxylic acids is 1. The van der Waals surface area contributed by atoms with Crippen molar-refractivity contribution in [2.75, 3.05) is 4.72 Å². The van der Waals surface area contributed by atoms with Crippen LogP contribution in [0.3, 0.4) is 0 Å². The summed E-state index contributed by atoms with van der Waals surface area (Å²) in [6.45, 7) is 0. The summed E-state index contributed by atoms with van der Waals surface area (Å²) < 4.78 is 54.3. The smallest absolute Gasteiger partial charge is 0.339 e. The Labute approximate surface area is 158 Å². The number of phenols is 1. The quantitative estimate of drug-likeness (QED) is 0.598. The molecule has 0 aliphatic heterocycles. The minimum atomic E-state index is -4.11. The van der Waals surface area contributed by atoms with Gasteiger partial charge in [0.2, 0.25) is 0 Å². The van der Waals surface area contributed by atoms with Gasteiger partial charge in [-0.2, -0.15) is 0 Å². The molecule has 0 aromatic heterocycles. The van der Waals surface area contributed by atoms with Crippen LogP contribution >= 0.6 is 0 Å². The molecule has 0 radical (unpaired) electrons. The van der Waals surface area contributed by atoms with Crippen molar-refractivity contribution in [3.05, 3.63) is 77.9 Å². The third kappa shape index (κ3) is 4.09. The molecular formula is C19H13F2NO5S. The summed E-state index contributed by atoms with van der Waals surface area (Å²) in [5, 5.41) is 18.6. The topological polar surface area (TPSA) is 104 Å². The maximum atomic E-state index is 13.4. The number of sulfonamides is 1. The summed E-state index contributed by atoms with van der Waals surface area (Å²) >= 11 is 0. The monoisotopic (exact) mass is 405 g/mol. The lowest BCUT2D eigenvalue weighted by atomic mass is 10.1. The molecule has 0 heterocycles. The number of aromatic hydroxyl groups is 1. The van der Waals surface area contributed by atoms with Crippen molar-refractivity contribution in [1.29, 1.82) is 0 Å². The molecule has 3 aromatic rings. The first-order valence-corrected chi connectivity index (χ1v) is 9.30. The van der Waals surface area contributed by atoms with Crippen LogP contribution in [0.2, 0.25) is 0 Å². The van der Waals surface area contributed by atoms with Crippen molar-refractivity contribution in [3.8, 4) is 16.9 Å². The first-order chi connectivity index (χ1) is 13.2. The largest absolute Gasteiger partial charge is 0.507 e. The number of halogens is 2. The molecule has 0 unspecified atom stereocenters. The van der Waals surface area contributed by atoms with Gasteiger partial charge in [-0.25, -0.2) is 22.0 Å². The van der Waals surface area contributed by atoms with Gasteiger partial charge in [0.25, 0.3) is 10.0 Å². The van der Waals surface area contributed by atoms with Crippen molar-refractivity contribution < 1.29 is 32.2 Å². The third-order valence-electron chi connectivity index (χ3n) is 3.82. The SMILES string of the molecule is O=C(O)c1ccc(NS(=O)(=O)c2cccc(-c3cc(F)cc(F)c3)c2)cc1O. The molecule has 0 saturated carbocycles. The second kappa shape index (κ2) is 7.28. The van der Waals surface area contributed by atoms with E-state index in [0.717, 1.165) is 24.3 Å². The second-order valence-electron chi connectivity index (χ2n) is 5.83. The maximum absolute atomic E-state index is 13.4. The van der Waals surface area contributed by atoms with Crippen molar-refractivity contribution in [3.63, 3.8) is 0 Å². The molecule has 144 valence electrons. The molecule has 0 spiro atoms. The Hall–Kier alpha value is -3.46. The Morgan fingerprint density at radius 3 is 2.18 bits per heavy atom. The zero-order valence-electron chi connectivity index (χ0n) is 14.1. The van der Waals surface area contributed by atoms with Gasteiger partial charge in [-0.15, -0.1) is 0 Å². The van der Waals surface area contributed by atoms with Crippen molar-refractivity contribution >= 4 is 21.7 Å². The lowest BCUT2D eigenvalue weighted by Gasteiger charge is -2.11. The lowest BCUT2D eigenvalue weighted by molar-refractivity contribution is 0.0693. The third-order valence-corrected chi connectivity index (χ3v) is 5.20. The molecule has 0 amide bonds. The average molecular weight is 405 g/mol. The summed E-state index contributed by atoms with van der Waals surface area (Å²) in [6, 6.07) is 11.5. The fraction of sp³-hybridized carbons (Fsp3) is 0. The van der Waals surface area contributed by atoms with Gasteiger partial charge in [0, 0.05) is 12.1 Å². The summed E-state index contributed by atoms with van der Waals surface area (Å²) in [5.41, 5.74) is 0.0196. The highest BCUT2D eigenvalue weighted by molar-refractivity contribution is 7.92. The molecule has 0 aliphatic carbocycles. The number of carbonyl (C=O) groups is 1. The van der Waals surface area contributed by atoms with E-state index in [4.69, 9.17) is 5.11 Å². The Kier molecular flexibility index (Phi) is 5.02. The number of hydrogen-bond acceptors (Lipinski definition) is 4. The molecule has 0 saturated heterocycles. The van der Waals surface area contributed by atoms with E-state index in [1.807, 2.05) is 0 Å². The second-order valence-corrected chi connectivity index (χ2v) is 7.51. The highest BCUT2D eigenvalue weighted by atomic mass is 32.2. The first-order valence-electron chi connectivity index (χ1n) is 7.81. The fourth-order valence-electron chi connectivity index (χ4n) is 2.55. The van der Waals surface area contributed by atoms with E-state index in [-0.39, 0.29) is 27.3 Å². The van der Waals surface area contributed by atoms with Crippen LogP contribution in [0, 0.1) is 11.6 Å². The minimum Gasteiger partial charge on any atom is -0.507 e. The van der Waals surface area contributed by atoms with E-state index in [0.29, 0.717) is 6.07 Å². The van der Waals surface area contributed by atoms with E-state index >= 15 is 0 Å². The molecule has 6 nitrogen and oxygen atoms in total. The van der Waals surface area contributed by atoms with Crippen LogP contribution in [0.25, 0.3) is 11.1 Å². The molecule has 0 bridgehead atoms. The fourth-order valence-corrected chi connectivity index (χ4v) is 3.65. The van der Waals surface area contributed by atoms with Crippen LogP contribution in [-0.2, 0) is 10.0 Å². The van der Waals surface area contributed by atoms with Gasteiger partial charge < -0.3 is 10.2 Å². The molecule has 28 heavy (non-hydrogen) atoms. The summed E-state index contributed by atoms with van der Waals surface area (Å²) in [4.78, 5) is 10.7. The van der Waals surface area contributed by atoms with E-state index in [1.54, 1.807) is 0 Å². The van der Waals surface area contributed by atoms with Gasteiger partial charge >= 0.3 is 5.97 Å². The van der Waals surface area contributed by atoms with Crippen LogP contribution in [-0.4, -0.2) is 24.6 Å². The van der Waals surface area contributed by atoms with Gasteiger partial charge in [-0.3, -0.25) is 4.72 Å². The van der Waals surface area contributed by atoms with Gasteiger partial charge in [-0.1, -0.05) is 12.1 Å². The van der Waals surface area contributed by atoms with Crippen molar-refractivity contribution in [2.45, 2.75) is 4.90 Å². The van der Waals surface area contributed by atoms with E-state index in [2.05, 4.69) is 4.72 Å². The highest BCUT2D eigenvalue weighted by Crippen LogP contribution is 2.27. The minimum absolute atomic E-state index is 0.0512. The predicted molar refractivity (Wildman–Crippen MR) is 97.7 cm³/mol. The number of carboxylic acids is 1. The maximum Gasteiger partial charge on any atom is 0.339 e. The average Bonchev–Trinajstić information content (AvgIpc) is 2.60. The van der Waals surface area contributed by atoms with Crippen LogP contribution in [0.1, 0.15) is 10.4 Å². The molecule has 9 heteroatoms. The number of anilines is 1. The van der Waals surface area contributed by atoms with E-state index in [9.17, 15) is 27.1 Å². The van der Waals surface area contributed by atoms with Gasteiger partial charge in [-0.05, 0) is 47.5 Å². The molecular weight excluding hydrogens is 392 g/mol. The van der Waals surface area contributed by atoms with E-state index in [1.165, 1.54) is 30.3 Å². The van der Waals surface area contributed by atoms with Crippen molar-refractivity contribution in [2.24, 2.45) is 0 Å². The molecule has 3 N–H and O–H groups in total. The number of benzene rings is 3. The Morgan fingerprint density at radius 2 is 1.57 bits per heavy atom. The Morgan fingerprint density at radius 1 is 0.893 bits per heavy atom. The van der Waals surface area contributed by atoms with Crippen LogP contribution < -0.4 is 4.72 Å². The molecule has 0 aliphatic rings. The molecule has 3 aromatic carbocycles. The van der Waals surface area contributed by atoms with Crippen LogP contribution in [0.15, 0.2) is 65.6 Å².